The van der Waals surface area contributed by atoms with Gasteiger partial charge >= 0.3 is 6.18 Å². The van der Waals surface area contributed by atoms with E-state index in [0.29, 0.717) is 5.56 Å². The van der Waals surface area contributed by atoms with Crippen molar-refractivity contribution in [3.8, 4) is 0 Å². The van der Waals surface area contributed by atoms with Crippen molar-refractivity contribution in [2.75, 3.05) is 5.32 Å². The lowest BCUT2D eigenvalue weighted by atomic mass is 10.1. The molecule has 1 heterocycles. The first kappa shape index (κ1) is 15.3. The first-order chi connectivity index (χ1) is 9.79. The zero-order valence-electron chi connectivity index (χ0n) is 10.8. The number of anilines is 1. The van der Waals surface area contributed by atoms with Crippen molar-refractivity contribution in [3.05, 3.63) is 58.4 Å². The first-order valence-corrected chi connectivity index (χ1v) is 6.25. The molecule has 0 saturated carbocycles. The smallest absolute Gasteiger partial charge is 0.322 e. The summed E-state index contributed by atoms with van der Waals surface area (Å²) in [7, 11) is 0. The van der Waals surface area contributed by atoms with Crippen molar-refractivity contribution in [2.24, 2.45) is 0 Å². The summed E-state index contributed by atoms with van der Waals surface area (Å²) in [6.45, 7) is 1.53. The molecule has 0 spiro atoms. The molecular formula is C14H10ClF3N2O. The fourth-order valence-electron chi connectivity index (χ4n) is 1.67. The molecule has 2 aromatic rings. The fraction of sp³-hybridized carbons (Fsp3) is 0.143. The molecule has 2 rings (SSSR count). The largest absolute Gasteiger partial charge is 0.416 e. The molecule has 0 aliphatic rings. The number of nitrogens with zero attached hydrogens (tertiary/aromatic N) is 1. The number of halogens is 4. The average Bonchev–Trinajstić information content (AvgIpc) is 2.43. The van der Waals surface area contributed by atoms with Gasteiger partial charge in [0.1, 0.15) is 0 Å². The summed E-state index contributed by atoms with van der Waals surface area (Å²) in [4.78, 5) is 15.7. The zero-order valence-corrected chi connectivity index (χ0v) is 11.6. The number of aromatic nitrogens is 1. The average molecular weight is 315 g/mol. The summed E-state index contributed by atoms with van der Waals surface area (Å²) in [6, 6.07) is 4.61. The first-order valence-electron chi connectivity index (χ1n) is 5.88. The number of rotatable bonds is 2. The van der Waals surface area contributed by atoms with Crippen LogP contribution in [0.3, 0.4) is 0 Å². The Labute approximate surface area is 123 Å². The second-order valence-electron chi connectivity index (χ2n) is 4.32. The van der Waals surface area contributed by atoms with Crippen molar-refractivity contribution >= 4 is 23.2 Å². The molecule has 0 saturated heterocycles. The Morgan fingerprint density at radius 2 is 1.86 bits per heavy atom. The van der Waals surface area contributed by atoms with Gasteiger partial charge in [0.15, 0.2) is 0 Å². The molecular weight excluding hydrogens is 305 g/mol. The van der Waals surface area contributed by atoms with Crippen molar-refractivity contribution in [3.63, 3.8) is 0 Å². The van der Waals surface area contributed by atoms with Crippen LogP contribution in [0.1, 0.15) is 21.5 Å². The van der Waals surface area contributed by atoms with Crippen molar-refractivity contribution < 1.29 is 18.0 Å². The van der Waals surface area contributed by atoms with Crippen molar-refractivity contribution in [1.29, 1.82) is 0 Å². The molecule has 1 amide bonds. The van der Waals surface area contributed by atoms with E-state index in [9.17, 15) is 18.0 Å². The van der Waals surface area contributed by atoms with Gasteiger partial charge in [-0.25, -0.2) is 0 Å². The highest BCUT2D eigenvalue weighted by Gasteiger charge is 2.32. The molecule has 0 unspecified atom stereocenters. The molecule has 3 nitrogen and oxygen atoms in total. The van der Waals surface area contributed by atoms with E-state index in [1.54, 1.807) is 0 Å². The predicted octanol–water partition coefficient (Wildman–Crippen LogP) is 4.31. The molecule has 0 fully saturated rings. The third kappa shape index (κ3) is 3.52. The summed E-state index contributed by atoms with van der Waals surface area (Å²) in [5.74, 6) is -0.532. The molecule has 1 aromatic heterocycles. The second-order valence-corrected chi connectivity index (χ2v) is 4.73. The molecule has 0 radical (unpaired) electrons. The third-order valence-corrected chi connectivity index (χ3v) is 3.25. The van der Waals surface area contributed by atoms with Crippen molar-refractivity contribution in [1.82, 2.24) is 4.98 Å². The van der Waals surface area contributed by atoms with Crippen LogP contribution in [-0.4, -0.2) is 10.9 Å². The molecule has 7 heteroatoms. The monoisotopic (exact) mass is 314 g/mol. The van der Waals surface area contributed by atoms with Crippen LogP contribution in [0, 0.1) is 6.92 Å². The van der Waals surface area contributed by atoms with Crippen LogP contribution >= 0.6 is 11.6 Å². The molecule has 0 bridgehead atoms. The topological polar surface area (TPSA) is 42.0 Å². The van der Waals surface area contributed by atoms with Gasteiger partial charge in [0.05, 0.1) is 5.56 Å². The molecule has 1 N–H and O–H groups in total. The Morgan fingerprint density at radius 1 is 1.24 bits per heavy atom. The van der Waals surface area contributed by atoms with Crippen LogP contribution in [-0.2, 0) is 6.18 Å². The Hall–Kier alpha value is -2.08. The Bertz CT molecular complexity index is 672. The number of pyridine rings is 1. The van der Waals surface area contributed by atoms with Gasteiger partial charge in [-0.2, -0.15) is 13.2 Å². The van der Waals surface area contributed by atoms with Crippen LogP contribution in [0.15, 0.2) is 36.7 Å². The van der Waals surface area contributed by atoms with E-state index in [4.69, 9.17) is 11.6 Å². The highest BCUT2D eigenvalue weighted by molar-refractivity contribution is 6.32. The zero-order chi connectivity index (χ0) is 15.6. The number of hydrogen-bond acceptors (Lipinski definition) is 2. The van der Waals surface area contributed by atoms with E-state index >= 15 is 0 Å². The maximum atomic E-state index is 12.8. The van der Waals surface area contributed by atoms with Gasteiger partial charge in [-0.05, 0) is 36.8 Å². The minimum Gasteiger partial charge on any atom is -0.322 e. The van der Waals surface area contributed by atoms with Crippen LogP contribution in [0.2, 0.25) is 5.02 Å². The normalized spacial score (nSPS) is 11.3. The Balaban J connectivity index is 2.36. The van der Waals surface area contributed by atoms with Gasteiger partial charge < -0.3 is 5.32 Å². The number of nitrogens with one attached hydrogen (secondary N) is 1. The number of benzene rings is 1. The molecule has 0 aliphatic carbocycles. The van der Waals surface area contributed by atoms with Crippen LogP contribution < -0.4 is 5.32 Å². The second kappa shape index (κ2) is 5.73. The van der Waals surface area contributed by atoms with Gasteiger partial charge in [0.2, 0.25) is 0 Å². The van der Waals surface area contributed by atoms with E-state index < -0.39 is 17.6 Å². The van der Waals surface area contributed by atoms with E-state index in [1.165, 1.54) is 31.5 Å². The van der Waals surface area contributed by atoms with Crippen LogP contribution in [0.5, 0.6) is 0 Å². The lowest BCUT2D eigenvalue weighted by Gasteiger charge is -2.14. The summed E-state index contributed by atoms with van der Waals surface area (Å²) >= 11 is 5.79. The van der Waals surface area contributed by atoms with Gasteiger partial charge in [0.25, 0.3) is 5.91 Å². The lowest BCUT2D eigenvalue weighted by Crippen LogP contribution is -2.14. The number of hydrogen-bond donors (Lipinski definition) is 1. The van der Waals surface area contributed by atoms with Gasteiger partial charge in [-0.15, -0.1) is 0 Å². The molecule has 1 aromatic carbocycles. The number of carbonyl (C=O) groups is 1. The fourth-order valence-corrected chi connectivity index (χ4v) is 1.89. The molecule has 0 atom stereocenters. The number of amides is 1. The van der Waals surface area contributed by atoms with E-state index in [1.807, 2.05) is 0 Å². The van der Waals surface area contributed by atoms with E-state index in [-0.39, 0.29) is 16.3 Å². The van der Waals surface area contributed by atoms with Gasteiger partial charge in [-0.1, -0.05) is 11.6 Å². The quantitative estimate of drug-likeness (QED) is 0.897. The molecule has 110 valence electrons. The standard InChI is InChI=1S/C14H10ClF3N2O/c1-8-11(15)6-10(14(16,17)18)7-12(8)20-13(21)9-2-4-19-5-3-9/h2-7H,1H3,(H,20,21). The van der Waals surface area contributed by atoms with Crippen LogP contribution in [0.25, 0.3) is 0 Å². The maximum absolute atomic E-state index is 12.8. The van der Waals surface area contributed by atoms with Gasteiger partial charge in [-0.3, -0.25) is 9.78 Å². The summed E-state index contributed by atoms with van der Waals surface area (Å²) < 4.78 is 38.3. The maximum Gasteiger partial charge on any atom is 0.416 e. The van der Waals surface area contributed by atoms with Gasteiger partial charge in [0, 0.05) is 28.7 Å². The van der Waals surface area contributed by atoms with E-state index in [2.05, 4.69) is 10.3 Å². The third-order valence-electron chi connectivity index (χ3n) is 2.86. The summed E-state index contributed by atoms with van der Waals surface area (Å²) in [5, 5.41) is 2.37. The molecule has 21 heavy (non-hydrogen) atoms. The minimum absolute atomic E-state index is 0.0247. The van der Waals surface area contributed by atoms with E-state index in [0.717, 1.165) is 12.1 Å². The highest BCUT2D eigenvalue weighted by atomic mass is 35.5. The minimum atomic E-state index is -4.53. The number of carbonyl (C=O) groups excluding carboxylic acids is 1. The lowest BCUT2D eigenvalue weighted by molar-refractivity contribution is -0.137. The van der Waals surface area contributed by atoms with Crippen LogP contribution in [0.4, 0.5) is 18.9 Å². The Kier molecular flexibility index (Phi) is 4.18. The summed E-state index contributed by atoms with van der Waals surface area (Å²) in [6.07, 6.45) is -1.70. The Morgan fingerprint density at radius 3 is 2.43 bits per heavy atom. The SMILES string of the molecule is Cc1c(Cl)cc(C(F)(F)F)cc1NC(=O)c1ccncc1. The van der Waals surface area contributed by atoms with Crippen molar-refractivity contribution in [2.45, 2.75) is 13.1 Å². The summed E-state index contributed by atoms with van der Waals surface area (Å²) in [5.41, 5.74) is -0.232. The predicted molar refractivity (Wildman–Crippen MR) is 73.4 cm³/mol. The molecule has 0 aliphatic heterocycles. The number of alkyl halides is 3. The highest BCUT2D eigenvalue weighted by Crippen LogP contribution is 2.35.